The van der Waals surface area contributed by atoms with E-state index in [1.807, 2.05) is 92.7 Å². The molecule has 2 heterocycles. The molecule has 0 aliphatic heterocycles. The van der Waals surface area contributed by atoms with Crippen molar-refractivity contribution in [1.29, 1.82) is 0 Å². The van der Waals surface area contributed by atoms with Crippen LogP contribution >= 0.6 is 31.9 Å². The number of para-hydroxylation sites is 2. The van der Waals surface area contributed by atoms with Gasteiger partial charge in [0.2, 0.25) is 0 Å². The molecule has 0 N–H and O–H groups in total. The van der Waals surface area contributed by atoms with Gasteiger partial charge in [-0.2, -0.15) is 0 Å². The average Bonchev–Trinajstić information content (AvgIpc) is 4.14. The molecule has 78 heavy (non-hydrogen) atoms. The predicted molar refractivity (Wildman–Crippen MR) is 330 cm³/mol. The number of halogens is 2. The number of fused-ring (bicyclic) bond motifs is 12. The zero-order chi connectivity index (χ0) is 53.6. The summed E-state index contributed by atoms with van der Waals surface area (Å²) in [6, 6.07) is 81.5. The summed E-state index contributed by atoms with van der Waals surface area (Å²) in [5.74, 6) is 0. The maximum atomic E-state index is 12.0. The highest BCUT2D eigenvalue weighted by atomic mass is 79.9. The predicted octanol–water partition coefficient (Wildman–Crippen LogP) is 20.4. The van der Waals surface area contributed by atoms with Crippen molar-refractivity contribution in [2.75, 3.05) is 0 Å². The zero-order valence-electron chi connectivity index (χ0n) is 42.3. The van der Waals surface area contributed by atoms with Crippen molar-refractivity contribution in [3.05, 3.63) is 272 Å². The van der Waals surface area contributed by atoms with Crippen LogP contribution in [0.2, 0.25) is 0 Å². The second-order valence-electron chi connectivity index (χ2n) is 18.7. The van der Waals surface area contributed by atoms with Gasteiger partial charge < -0.3 is 9.13 Å². The highest BCUT2D eigenvalue weighted by molar-refractivity contribution is 9.10. The normalized spacial score (nSPS) is 11.3. The van der Waals surface area contributed by atoms with Gasteiger partial charge in [-0.25, -0.2) is 0 Å². The summed E-state index contributed by atoms with van der Waals surface area (Å²) < 4.78 is 6.12. The summed E-state index contributed by atoms with van der Waals surface area (Å²) in [4.78, 5) is 23.3. The second-order valence-corrected chi connectivity index (χ2v) is 20.5. The van der Waals surface area contributed by atoms with E-state index in [-0.39, 0.29) is 21.2 Å². The molecule has 0 aliphatic carbocycles. The first-order valence-electron chi connectivity index (χ1n) is 25.6. The number of aromatic nitrogens is 2. The van der Waals surface area contributed by atoms with Crippen molar-refractivity contribution in [1.82, 2.24) is 9.13 Å². The third-order valence-electron chi connectivity index (χ3n) is 14.5. The van der Waals surface area contributed by atoms with Gasteiger partial charge in [-0.1, -0.05) is 203 Å². The lowest BCUT2D eigenvalue weighted by atomic mass is 9.94. The van der Waals surface area contributed by atoms with E-state index in [9.17, 15) is 20.2 Å². The summed E-state index contributed by atoms with van der Waals surface area (Å²) in [5, 5.41) is 35.4. The van der Waals surface area contributed by atoms with E-state index in [4.69, 9.17) is 0 Å². The molecular weight excluding hydrogens is 1100 g/mol. The molecule has 10 heteroatoms. The van der Waals surface area contributed by atoms with E-state index in [0.717, 1.165) is 86.2 Å². The fourth-order valence-electron chi connectivity index (χ4n) is 11.3. The van der Waals surface area contributed by atoms with Crippen LogP contribution in [0.1, 0.15) is 13.8 Å². The van der Waals surface area contributed by atoms with Crippen molar-refractivity contribution in [2.45, 2.75) is 13.8 Å². The number of hydrogen-bond donors (Lipinski definition) is 0. The van der Waals surface area contributed by atoms with Crippen LogP contribution in [0, 0.1) is 20.2 Å². The van der Waals surface area contributed by atoms with Gasteiger partial charge in [-0.3, -0.25) is 20.2 Å². The summed E-state index contributed by atoms with van der Waals surface area (Å²) in [6.07, 6.45) is 0. The molecule has 0 radical (unpaired) electrons. The number of hydrogen-bond acceptors (Lipinski definition) is 4. The van der Waals surface area contributed by atoms with Crippen molar-refractivity contribution in [2.24, 2.45) is 0 Å². The molecule has 12 aromatic carbocycles. The van der Waals surface area contributed by atoms with E-state index in [1.165, 1.54) is 32.3 Å². The van der Waals surface area contributed by atoms with E-state index in [0.29, 0.717) is 11.1 Å². The summed E-state index contributed by atoms with van der Waals surface area (Å²) >= 11 is 7.03. The first-order chi connectivity index (χ1) is 38.2. The number of nitro benzene ring substituents is 2. The Labute approximate surface area is 465 Å². The van der Waals surface area contributed by atoms with Gasteiger partial charge in [-0.15, -0.1) is 0 Å². The maximum Gasteiger partial charge on any atom is 0.277 e. The third kappa shape index (κ3) is 8.56. The van der Waals surface area contributed by atoms with Crippen molar-refractivity contribution in [3.8, 4) is 44.8 Å². The smallest absolute Gasteiger partial charge is 0.277 e. The first kappa shape index (κ1) is 49.6. The first-order valence-corrected chi connectivity index (χ1v) is 27.2. The molecular formula is C68H46Br2N4O4. The van der Waals surface area contributed by atoms with Gasteiger partial charge in [0.1, 0.15) is 0 Å². The molecule has 14 aromatic rings. The average molecular weight is 1140 g/mol. The third-order valence-corrected chi connectivity index (χ3v) is 15.5. The number of nitro groups is 2. The van der Waals surface area contributed by atoms with E-state index in [1.54, 1.807) is 24.3 Å². The van der Waals surface area contributed by atoms with Gasteiger partial charge >= 0.3 is 0 Å². The monoisotopic (exact) mass is 1140 g/mol. The van der Waals surface area contributed by atoms with Gasteiger partial charge in [0.15, 0.2) is 0 Å². The van der Waals surface area contributed by atoms with Crippen LogP contribution in [0.5, 0.6) is 0 Å². The lowest BCUT2D eigenvalue weighted by molar-refractivity contribution is -0.384. The Morgan fingerprint density at radius 3 is 1.19 bits per heavy atom. The van der Waals surface area contributed by atoms with Crippen LogP contribution in [-0.4, -0.2) is 19.0 Å². The van der Waals surface area contributed by atoms with Gasteiger partial charge in [-0.05, 0) is 127 Å². The molecule has 0 spiro atoms. The van der Waals surface area contributed by atoms with Crippen LogP contribution in [0.3, 0.4) is 0 Å². The molecule has 0 aliphatic rings. The topological polar surface area (TPSA) is 96.1 Å². The fourth-order valence-corrected chi connectivity index (χ4v) is 12.0. The highest BCUT2D eigenvalue weighted by Crippen LogP contribution is 2.45. The molecule has 14 rings (SSSR count). The van der Waals surface area contributed by atoms with Crippen LogP contribution in [-0.2, 0) is 0 Å². The molecule has 0 atom stereocenters. The standard InChI is InChI=1S/C36H21BrN2O2.C30H19BrN2O2.C2H6/c37-22-16-19-34(39(40)41)32(20-22)29-13-7-15-35-36(29)30-12-5-6-14-33(30)38(35)23-17-18-28-26-10-2-1-8-24(26)25-9-3-4-11-27(25)31(28)21-23;31-22-16-17-28(33(34)35)26(19-22)24-13-7-15-29-30(24)25-12-4-5-14-27(25)32(29)23-11-6-10-21(18-23)20-8-2-1-3-9-20;1-2/h1-21H;1-19H;1-2H3. The number of nitrogens with zero attached hydrogens (tertiary/aromatic N) is 4. The Kier molecular flexibility index (Phi) is 13.2. The SMILES string of the molecule is CC.O=[N+]([O-])c1ccc(Br)cc1-c1cccc2c1c1ccccc1n2-c1ccc2c3ccccc3c3ccccc3c2c1.O=[N+]([O-])c1ccc(Br)cc1-c1cccc2c1c1ccccc1n2-c1cccc(-c2ccccc2)c1. The minimum Gasteiger partial charge on any atom is -0.309 e. The fraction of sp³-hybridized carbons (Fsp3) is 0.0294. The Balaban J connectivity index is 0.000000153. The molecule has 0 fully saturated rings. The lowest BCUT2D eigenvalue weighted by Gasteiger charge is -2.14. The van der Waals surface area contributed by atoms with Crippen LogP contribution in [0.25, 0.3) is 121 Å². The Morgan fingerprint density at radius 1 is 0.321 bits per heavy atom. The lowest BCUT2D eigenvalue weighted by Crippen LogP contribution is -1.95. The highest BCUT2D eigenvalue weighted by Gasteiger charge is 2.24. The maximum absolute atomic E-state index is 12.0. The number of benzene rings is 12. The molecule has 0 bridgehead atoms. The minimum atomic E-state index is -0.316. The summed E-state index contributed by atoms with van der Waals surface area (Å²) in [7, 11) is 0. The second kappa shape index (κ2) is 20.7. The minimum absolute atomic E-state index is 0.0848. The van der Waals surface area contributed by atoms with Crippen molar-refractivity contribution >= 4 is 119 Å². The molecule has 0 saturated carbocycles. The molecule has 0 amide bonds. The van der Waals surface area contributed by atoms with Gasteiger partial charge in [0.25, 0.3) is 11.4 Å². The Morgan fingerprint density at radius 2 is 0.705 bits per heavy atom. The Hall–Kier alpha value is -9.22. The van der Waals surface area contributed by atoms with Gasteiger partial charge in [0.05, 0.1) is 43.0 Å². The number of rotatable bonds is 7. The molecule has 0 unspecified atom stereocenters. The van der Waals surface area contributed by atoms with Gasteiger partial charge in [0, 0.05) is 54.0 Å². The van der Waals surface area contributed by atoms with Crippen LogP contribution < -0.4 is 0 Å². The van der Waals surface area contributed by atoms with Crippen LogP contribution in [0.15, 0.2) is 252 Å². The van der Waals surface area contributed by atoms with Crippen molar-refractivity contribution < 1.29 is 9.85 Å². The van der Waals surface area contributed by atoms with E-state index < -0.39 is 0 Å². The molecule has 2 aromatic heterocycles. The molecule has 0 saturated heterocycles. The Bertz CT molecular complexity index is 4660. The largest absolute Gasteiger partial charge is 0.309 e. The van der Waals surface area contributed by atoms with Crippen molar-refractivity contribution in [3.63, 3.8) is 0 Å². The summed E-state index contributed by atoms with van der Waals surface area (Å²) in [5.41, 5.74) is 11.5. The quantitative estimate of drug-likeness (QED) is 0.0902. The van der Waals surface area contributed by atoms with E-state index in [2.05, 4.69) is 181 Å². The zero-order valence-corrected chi connectivity index (χ0v) is 45.4. The molecule has 376 valence electrons. The van der Waals surface area contributed by atoms with E-state index >= 15 is 0 Å². The molecule has 8 nitrogen and oxygen atoms in total. The summed E-state index contributed by atoms with van der Waals surface area (Å²) in [6.45, 7) is 4.00. The van der Waals surface area contributed by atoms with Crippen LogP contribution in [0.4, 0.5) is 11.4 Å².